The normalized spacial score (nSPS) is 32.4. The number of esters is 1. The maximum Gasteiger partial charge on any atom is 0.306 e. The van der Waals surface area contributed by atoms with Crippen LogP contribution in [0.2, 0.25) is 0 Å². The minimum absolute atomic E-state index is 0.0107. The van der Waals surface area contributed by atoms with Crippen molar-refractivity contribution in [1.82, 2.24) is 0 Å². The lowest BCUT2D eigenvalue weighted by molar-refractivity contribution is -0.141. The molecule has 3 nitrogen and oxygen atoms in total. The average molecular weight is 282 g/mol. The molecule has 0 spiro atoms. The molecule has 1 heterocycles. The van der Waals surface area contributed by atoms with Crippen molar-refractivity contribution in [3.8, 4) is 0 Å². The molecule has 1 aliphatic heterocycles. The molecule has 3 heteroatoms. The average Bonchev–Trinajstić information content (AvgIpc) is 2.89. The molecule has 1 aliphatic carbocycles. The van der Waals surface area contributed by atoms with Crippen LogP contribution in [0.3, 0.4) is 0 Å². The summed E-state index contributed by atoms with van der Waals surface area (Å²) in [5.74, 6) is 0.529. The van der Waals surface area contributed by atoms with Crippen LogP contribution in [-0.2, 0) is 9.53 Å². The molecule has 4 unspecified atom stereocenters. The molecular formula is C17H30O3. The molecule has 20 heavy (non-hydrogen) atoms. The topological polar surface area (TPSA) is 46.5 Å². The third kappa shape index (κ3) is 4.21. The quantitative estimate of drug-likeness (QED) is 0.516. The van der Waals surface area contributed by atoms with Crippen LogP contribution in [0.4, 0.5) is 0 Å². The molecule has 2 fully saturated rings. The number of ether oxygens (including phenoxy) is 1. The van der Waals surface area contributed by atoms with Crippen molar-refractivity contribution in [2.24, 2.45) is 11.8 Å². The van der Waals surface area contributed by atoms with E-state index < -0.39 is 0 Å². The Morgan fingerprint density at radius 1 is 1.10 bits per heavy atom. The van der Waals surface area contributed by atoms with Crippen molar-refractivity contribution in [2.45, 2.75) is 89.8 Å². The van der Waals surface area contributed by atoms with Crippen molar-refractivity contribution in [1.29, 1.82) is 0 Å². The Labute approximate surface area is 123 Å². The molecule has 0 bridgehead atoms. The maximum atomic E-state index is 11.3. The number of hydrogen-bond donors (Lipinski definition) is 1. The predicted molar refractivity (Wildman–Crippen MR) is 79.3 cm³/mol. The highest BCUT2D eigenvalue weighted by molar-refractivity contribution is 5.72. The van der Waals surface area contributed by atoms with Gasteiger partial charge in [-0.15, -0.1) is 0 Å². The Morgan fingerprint density at radius 3 is 2.45 bits per heavy atom. The van der Waals surface area contributed by atoms with Crippen LogP contribution in [0.25, 0.3) is 0 Å². The molecule has 0 aromatic heterocycles. The third-order valence-electron chi connectivity index (χ3n) is 5.07. The number of hydrogen-bond acceptors (Lipinski definition) is 3. The van der Waals surface area contributed by atoms with Gasteiger partial charge in [0.15, 0.2) is 0 Å². The maximum absolute atomic E-state index is 11.3. The SMILES string of the molecule is CCCCCCCCCCC1C(O)CC2OC(=O)CC21. The van der Waals surface area contributed by atoms with Crippen molar-refractivity contribution < 1.29 is 14.6 Å². The first kappa shape index (κ1) is 15.8. The summed E-state index contributed by atoms with van der Waals surface area (Å²) in [5, 5.41) is 10.1. The molecule has 0 aromatic carbocycles. The number of fused-ring (bicyclic) bond motifs is 1. The van der Waals surface area contributed by atoms with Crippen LogP contribution < -0.4 is 0 Å². The lowest BCUT2D eigenvalue weighted by Gasteiger charge is -2.18. The first-order valence-electron chi connectivity index (χ1n) is 8.60. The van der Waals surface area contributed by atoms with Crippen LogP contribution in [0, 0.1) is 11.8 Å². The van der Waals surface area contributed by atoms with Crippen molar-refractivity contribution in [2.75, 3.05) is 0 Å². The fourth-order valence-corrected chi connectivity index (χ4v) is 3.90. The summed E-state index contributed by atoms with van der Waals surface area (Å²) < 4.78 is 5.27. The Kier molecular flexibility index (Phi) is 6.34. The van der Waals surface area contributed by atoms with E-state index in [0.717, 1.165) is 6.42 Å². The van der Waals surface area contributed by atoms with Crippen LogP contribution >= 0.6 is 0 Å². The highest BCUT2D eigenvalue weighted by atomic mass is 16.6. The minimum atomic E-state index is -0.248. The van der Waals surface area contributed by atoms with Crippen LogP contribution in [0.5, 0.6) is 0 Å². The molecule has 0 radical (unpaired) electrons. The molecule has 1 saturated heterocycles. The third-order valence-corrected chi connectivity index (χ3v) is 5.07. The molecule has 116 valence electrons. The molecule has 0 amide bonds. The van der Waals surface area contributed by atoms with Crippen LogP contribution in [0.15, 0.2) is 0 Å². The van der Waals surface area contributed by atoms with E-state index in [2.05, 4.69) is 6.92 Å². The van der Waals surface area contributed by atoms with Gasteiger partial charge in [0.25, 0.3) is 0 Å². The summed E-state index contributed by atoms with van der Waals surface area (Å²) in [6.45, 7) is 2.25. The number of aliphatic hydroxyl groups excluding tert-OH is 1. The van der Waals surface area contributed by atoms with Gasteiger partial charge in [-0.2, -0.15) is 0 Å². The Bertz CT molecular complexity index is 303. The zero-order chi connectivity index (χ0) is 14.4. The van der Waals surface area contributed by atoms with Crippen molar-refractivity contribution in [3.63, 3.8) is 0 Å². The van der Waals surface area contributed by atoms with E-state index in [0.29, 0.717) is 24.7 Å². The molecular weight excluding hydrogens is 252 g/mol. The molecule has 2 rings (SSSR count). The Hall–Kier alpha value is -0.570. The van der Waals surface area contributed by atoms with E-state index in [-0.39, 0.29) is 18.2 Å². The second kappa shape index (κ2) is 8.02. The highest BCUT2D eigenvalue weighted by Crippen LogP contribution is 2.43. The highest BCUT2D eigenvalue weighted by Gasteiger charge is 2.48. The van der Waals surface area contributed by atoms with E-state index >= 15 is 0 Å². The number of carbonyl (C=O) groups excluding carboxylic acids is 1. The van der Waals surface area contributed by atoms with Crippen molar-refractivity contribution in [3.05, 3.63) is 0 Å². The molecule has 2 aliphatic rings. The number of carbonyl (C=O) groups is 1. The number of rotatable bonds is 9. The molecule has 4 atom stereocenters. The van der Waals surface area contributed by atoms with Crippen molar-refractivity contribution >= 4 is 5.97 Å². The zero-order valence-electron chi connectivity index (χ0n) is 12.9. The summed E-state index contributed by atoms with van der Waals surface area (Å²) in [7, 11) is 0. The van der Waals surface area contributed by atoms with Crippen LogP contribution in [-0.4, -0.2) is 23.3 Å². The standard InChI is InChI=1S/C17H30O3/c1-2-3-4-5-6-7-8-9-10-13-14-11-17(19)20-16(14)12-15(13)18/h13-16,18H,2-12H2,1H3. The fraction of sp³-hybridized carbons (Fsp3) is 0.941. The summed E-state index contributed by atoms with van der Waals surface area (Å²) in [6, 6.07) is 0. The van der Waals surface area contributed by atoms with Crippen LogP contribution in [0.1, 0.15) is 77.6 Å². The van der Waals surface area contributed by atoms with E-state index in [1.165, 1.54) is 51.4 Å². The van der Waals surface area contributed by atoms with Gasteiger partial charge in [0.2, 0.25) is 0 Å². The Balaban J connectivity index is 1.56. The van der Waals surface area contributed by atoms with E-state index in [9.17, 15) is 9.90 Å². The largest absolute Gasteiger partial charge is 0.462 e. The van der Waals surface area contributed by atoms with Gasteiger partial charge in [-0.1, -0.05) is 58.3 Å². The minimum Gasteiger partial charge on any atom is -0.462 e. The predicted octanol–water partition coefficient (Wildman–Crippen LogP) is 3.83. The monoisotopic (exact) mass is 282 g/mol. The first-order chi connectivity index (χ1) is 9.72. The van der Waals surface area contributed by atoms with Gasteiger partial charge in [-0.05, 0) is 12.3 Å². The van der Waals surface area contributed by atoms with Gasteiger partial charge in [0.1, 0.15) is 6.10 Å². The summed E-state index contributed by atoms with van der Waals surface area (Å²) in [4.78, 5) is 11.3. The van der Waals surface area contributed by atoms with Gasteiger partial charge in [-0.25, -0.2) is 0 Å². The molecule has 0 aromatic rings. The Morgan fingerprint density at radius 2 is 1.75 bits per heavy atom. The first-order valence-corrected chi connectivity index (χ1v) is 8.60. The smallest absolute Gasteiger partial charge is 0.306 e. The van der Waals surface area contributed by atoms with Gasteiger partial charge in [0, 0.05) is 12.3 Å². The van der Waals surface area contributed by atoms with E-state index in [4.69, 9.17) is 4.74 Å². The van der Waals surface area contributed by atoms with E-state index in [1.54, 1.807) is 0 Å². The van der Waals surface area contributed by atoms with Gasteiger partial charge < -0.3 is 9.84 Å². The molecule has 1 N–H and O–H groups in total. The van der Waals surface area contributed by atoms with E-state index in [1.807, 2.05) is 0 Å². The van der Waals surface area contributed by atoms with Gasteiger partial charge in [-0.3, -0.25) is 4.79 Å². The second-order valence-corrected chi connectivity index (χ2v) is 6.63. The zero-order valence-corrected chi connectivity index (χ0v) is 12.9. The molecule has 1 saturated carbocycles. The number of unbranched alkanes of at least 4 members (excludes halogenated alkanes) is 7. The lowest BCUT2D eigenvalue weighted by atomic mass is 9.87. The second-order valence-electron chi connectivity index (χ2n) is 6.63. The summed E-state index contributed by atoms with van der Waals surface area (Å²) >= 11 is 0. The lowest BCUT2D eigenvalue weighted by Crippen LogP contribution is -2.19. The fourth-order valence-electron chi connectivity index (χ4n) is 3.90. The summed E-state index contributed by atoms with van der Waals surface area (Å²) in [6.07, 6.45) is 12.6. The number of aliphatic hydroxyl groups is 1. The summed E-state index contributed by atoms with van der Waals surface area (Å²) in [5.41, 5.74) is 0. The van der Waals surface area contributed by atoms with Gasteiger partial charge in [0.05, 0.1) is 12.5 Å². The van der Waals surface area contributed by atoms with Gasteiger partial charge >= 0.3 is 5.97 Å².